The highest BCUT2D eigenvalue weighted by atomic mass is 16.3. The van der Waals surface area contributed by atoms with Crippen LogP contribution in [0.2, 0.25) is 0 Å². The number of hydrogen-bond acceptors (Lipinski definition) is 3. The molecule has 1 amide bonds. The first-order chi connectivity index (χ1) is 12.3. The van der Waals surface area contributed by atoms with Gasteiger partial charge in [0.1, 0.15) is 11.5 Å². The highest BCUT2D eigenvalue weighted by molar-refractivity contribution is 5.98. The second-order valence-electron chi connectivity index (χ2n) is 7.15. The van der Waals surface area contributed by atoms with Crippen LogP contribution >= 0.6 is 0 Å². The average Bonchev–Trinajstić information content (AvgIpc) is 2.53. The Bertz CT molecular complexity index is 683. The van der Waals surface area contributed by atoms with Gasteiger partial charge in [-0.1, -0.05) is 43.1 Å². The molecular weight excluding hydrogens is 326 g/mol. The van der Waals surface area contributed by atoms with Crippen molar-refractivity contribution < 1.29 is 15.0 Å². The van der Waals surface area contributed by atoms with E-state index < -0.39 is 5.91 Å². The maximum absolute atomic E-state index is 11.8. The fraction of sp³-hybridized carbons (Fsp3) is 0.500. The summed E-state index contributed by atoms with van der Waals surface area (Å²) in [7, 11) is 0. The monoisotopic (exact) mass is 359 g/mol. The van der Waals surface area contributed by atoms with Crippen LogP contribution in [-0.4, -0.2) is 16.1 Å². The molecule has 4 N–H and O–H groups in total. The smallest absolute Gasteiger partial charge is 0.252 e. The third-order valence-corrected chi connectivity index (χ3v) is 4.51. The van der Waals surface area contributed by atoms with Gasteiger partial charge in [0.05, 0.1) is 5.56 Å². The van der Waals surface area contributed by atoms with E-state index in [1.807, 2.05) is 13.0 Å². The number of phenolic OH excluding ortho intramolecular Hbond substituents is 1. The summed E-state index contributed by atoms with van der Waals surface area (Å²) in [5, 5.41) is 20.9. The highest BCUT2D eigenvalue weighted by Gasteiger charge is 2.20. The van der Waals surface area contributed by atoms with Crippen LogP contribution in [0.1, 0.15) is 81.3 Å². The van der Waals surface area contributed by atoms with E-state index >= 15 is 0 Å². The van der Waals surface area contributed by atoms with Crippen molar-refractivity contribution in [2.75, 3.05) is 0 Å². The molecule has 0 bridgehead atoms. The number of phenols is 2. The van der Waals surface area contributed by atoms with Crippen molar-refractivity contribution in [2.45, 2.75) is 72.6 Å². The first-order valence-electron chi connectivity index (χ1n) is 9.43. The maximum Gasteiger partial charge on any atom is 0.252 e. The third-order valence-electron chi connectivity index (χ3n) is 4.51. The standard InChI is InChI=1S/C22H33NO3/c1-5-6-7-11-17-14-19(24)18(21(25)20(17)22(23)26)13-12-16(4)10-8-9-15(2)3/h9,12,14,24-25H,5-8,10-11,13H2,1-4H3,(H2,23,26)/b16-12+. The van der Waals surface area contributed by atoms with Gasteiger partial charge in [-0.3, -0.25) is 4.79 Å². The van der Waals surface area contributed by atoms with Crippen LogP contribution in [-0.2, 0) is 12.8 Å². The molecule has 0 aliphatic rings. The third kappa shape index (κ3) is 6.58. The fourth-order valence-corrected chi connectivity index (χ4v) is 2.95. The lowest BCUT2D eigenvalue weighted by Gasteiger charge is -2.14. The predicted octanol–water partition coefficient (Wildman–Crippen LogP) is 5.16. The summed E-state index contributed by atoms with van der Waals surface area (Å²) < 4.78 is 0. The molecule has 0 saturated carbocycles. The predicted molar refractivity (Wildman–Crippen MR) is 108 cm³/mol. The largest absolute Gasteiger partial charge is 0.508 e. The van der Waals surface area contributed by atoms with Gasteiger partial charge in [-0.15, -0.1) is 0 Å². The number of allylic oxidation sites excluding steroid dienone is 4. The van der Waals surface area contributed by atoms with E-state index in [1.165, 1.54) is 11.1 Å². The molecule has 4 nitrogen and oxygen atoms in total. The van der Waals surface area contributed by atoms with Crippen molar-refractivity contribution >= 4 is 5.91 Å². The molecular formula is C22H33NO3. The number of aromatic hydroxyl groups is 2. The summed E-state index contributed by atoms with van der Waals surface area (Å²) in [5.41, 5.74) is 9.07. The zero-order chi connectivity index (χ0) is 19.7. The molecule has 0 saturated heterocycles. The lowest BCUT2D eigenvalue weighted by molar-refractivity contribution is 0.0996. The van der Waals surface area contributed by atoms with E-state index in [0.29, 0.717) is 24.0 Å². The number of rotatable bonds is 10. The van der Waals surface area contributed by atoms with Gasteiger partial charge >= 0.3 is 0 Å². The first-order valence-corrected chi connectivity index (χ1v) is 9.43. The van der Waals surface area contributed by atoms with Crippen molar-refractivity contribution in [3.63, 3.8) is 0 Å². The fourth-order valence-electron chi connectivity index (χ4n) is 2.95. The molecule has 1 rings (SSSR count). The number of unbranched alkanes of at least 4 members (excludes halogenated alkanes) is 2. The Hall–Kier alpha value is -2.23. The minimum absolute atomic E-state index is 0.0207. The molecule has 0 atom stereocenters. The van der Waals surface area contributed by atoms with Crippen LogP contribution in [0.3, 0.4) is 0 Å². The minimum Gasteiger partial charge on any atom is -0.508 e. The number of benzene rings is 1. The van der Waals surface area contributed by atoms with E-state index in [2.05, 4.69) is 26.8 Å². The molecule has 0 aromatic heterocycles. The van der Waals surface area contributed by atoms with E-state index in [1.54, 1.807) is 6.07 Å². The van der Waals surface area contributed by atoms with Crippen molar-refractivity contribution in [1.82, 2.24) is 0 Å². The van der Waals surface area contributed by atoms with Crippen LogP contribution in [0.15, 0.2) is 29.4 Å². The molecule has 144 valence electrons. The normalized spacial score (nSPS) is 11.5. The van der Waals surface area contributed by atoms with Gasteiger partial charge in [-0.25, -0.2) is 0 Å². The molecule has 0 radical (unpaired) electrons. The summed E-state index contributed by atoms with van der Waals surface area (Å²) >= 11 is 0. The van der Waals surface area contributed by atoms with Crippen molar-refractivity contribution in [1.29, 1.82) is 0 Å². The van der Waals surface area contributed by atoms with Crippen molar-refractivity contribution in [3.05, 3.63) is 46.1 Å². The van der Waals surface area contributed by atoms with Gasteiger partial charge in [-0.2, -0.15) is 0 Å². The highest BCUT2D eigenvalue weighted by Crippen LogP contribution is 2.35. The van der Waals surface area contributed by atoms with E-state index in [-0.39, 0.29) is 17.1 Å². The Kier molecular flexibility index (Phi) is 8.97. The van der Waals surface area contributed by atoms with Crippen molar-refractivity contribution in [2.24, 2.45) is 5.73 Å². The maximum atomic E-state index is 11.8. The average molecular weight is 360 g/mol. The molecule has 0 spiro atoms. The number of amides is 1. The van der Waals surface area contributed by atoms with E-state index in [9.17, 15) is 15.0 Å². The number of primary amides is 1. The second kappa shape index (κ2) is 10.7. The Morgan fingerprint density at radius 1 is 1.15 bits per heavy atom. The van der Waals surface area contributed by atoms with E-state index in [4.69, 9.17) is 5.73 Å². The Morgan fingerprint density at radius 2 is 1.85 bits per heavy atom. The van der Waals surface area contributed by atoms with Gasteiger partial charge in [-0.05, 0) is 64.5 Å². The van der Waals surface area contributed by atoms with Gasteiger partial charge in [0.25, 0.3) is 5.91 Å². The zero-order valence-electron chi connectivity index (χ0n) is 16.6. The lowest BCUT2D eigenvalue weighted by Crippen LogP contribution is -2.15. The number of nitrogens with two attached hydrogens (primary N) is 1. The topological polar surface area (TPSA) is 83.6 Å². The van der Waals surface area contributed by atoms with Gasteiger partial charge in [0, 0.05) is 5.56 Å². The first kappa shape index (κ1) is 21.8. The van der Waals surface area contributed by atoms with Crippen LogP contribution in [0.5, 0.6) is 11.5 Å². The molecule has 0 unspecified atom stereocenters. The summed E-state index contributed by atoms with van der Waals surface area (Å²) in [5.74, 6) is -0.816. The summed E-state index contributed by atoms with van der Waals surface area (Å²) in [6.45, 7) is 8.27. The number of carbonyl (C=O) groups is 1. The molecule has 26 heavy (non-hydrogen) atoms. The van der Waals surface area contributed by atoms with Gasteiger partial charge in [0.15, 0.2) is 0 Å². The number of aryl methyl sites for hydroxylation is 1. The summed E-state index contributed by atoms with van der Waals surface area (Å²) in [6.07, 6.45) is 10.00. The van der Waals surface area contributed by atoms with E-state index in [0.717, 1.165) is 32.1 Å². The zero-order valence-corrected chi connectivity index (χ0v) is 16.6. The van der Waals surface area contributed by atoms with Crippen LogP contribution in [0, 0.1) is 0 Å². The van der Waals surface area contributed by atoms with Crippen LogP contribution in [0.4, 0.5) is 0 Å². The molecule has 4 heteroatoms. The SMILES string of the molecule is CCCCCc1cc(O)c(C/C=C(\C)CCC=C(C)C)c(O)c1C(N)=O. The Morgan fingerprint density at radius 3 is 2.42 bits per heavy atom. The molecule has 1 aromatic carbocycles. The number of carbonyl (C=O) groups excluding carboxylic acids is 1. The van der Waals surface area contributed by atoms with Crippen LogP contribution < -0.4 is 5.73 Å². The lowest BCUT2D eigenvalue weighted by atomic mass is 9.94. The van der Waals surface area contributed by atoms with Crippen molar-refractivity contribution in [3.8, 4) is 11.5 Å². The van der Waals surface area contributed by atoms with Crippen LogP contribution in [0.25, 0.3) is 0 Å². The number of hydrogen-bond donors (Lipinski definition) is 3. The van der Waals surface area contributed by atoms with Gasteiger partial charge < -0.3 is 15.9 Å². The molecule has 0 aliphatic heterocycles. The Balaban J connectivity index is 3.03. The quantitative estimate of drug-likeness (QED) is 0.398. The molecule has 0 aliphatic carbocycles. The Labute approximate surface area is 157 Å². The molecule has 1 aromatic rings. The van der Waals surface area contributed by atoms with Gasteiger partial charge in [0.2, 0.25) is 0 Å². The summed E-state index contributed by atoms with van der Waals surface area (Å²) in [4.78, 5) is 11.8. The summed E-state index contributed by atoms with van der Waals surface area (Å²) in [6, 6.07) is 1.58. The second-order valence-corrected chi connectivity index (χ2v) is 7.15. The molecule has 0 heterocycles. The molecule has 0 fully saturated rings. The minimum atomic E-state index is -0.653.